The minimum absolute atomic E-state index is 0.00135. The number of aromatic nitrogens is 3. The number of nitrogens with one attached hydrogen (secondary N) is 2. The number of carbonyl (C=O) groups is 1. The molecule has 0 unspecified atom stereocenters. The first-order valence-corrected chi connectivity index (χ1v) is 13.5. The lowest BCUT2D eigenvalue weighted by atomic mass is 10.0. The Morgan fingerprint density at radius 3 is 2.69 bits per heavy atom. The van der Waals surface area contributed by atoms with Crippen LogP contribution in [0.2, 0.25) is 0 Å². The van der Waals surface area contributed by atoms with Crippen LogP contribution in [0.1, 0.15) is 30.2 Å². The SMILES string of the molecule is CCOC(=O)CCc1cccc(Cc2cc(NCCO)n(-c3cc(Oc4c(F)cc5[nH]ccc5c4F)ccc3F)n2)c1. The number of carbonyl (C=O) groups excluding carboxylic acids is 1. The minimum Gasteiger partial charge on any atom is -0.466 e. The van der Waals surface area contributed by atoms with Crippen LogP contribution in [0.3, 0.4) is 0 Å². The molecule has 3 aromatic carbocycles. The van der Waals surface area contributed by atoms with Crippen molar-refractivity contribution in [2.24, 2.45) is 0 Å². The second kappa shape index (κ2) is 12.8. The van der Waals surface area contributed by atoms with E-state index in [-0.39, 0.29) is 47.9 Å². The summed E-state index contributed by atoms with van der Waals surface area (Å²) in [4.78, 5) is 14.5. The summed E-state index contributed by atoms with van der Waals surface area (Å²) >= 11 is 0. The summed E-state index contributed by atoms with van der Waals surface area (Å²) in [5.74, 6) is -2.91. The molecule has 0 aliphatic carbocycles. The third-order valence-corrected chi connectivity index (χ3v) is 6.55. The van der Waals surface area contributed by atoms with Crippen LogP contribution in [0.4, 0.5) is 19.0 Å². The number of rotatable bonds is 12. The largest absolute Gasteiger partial charge is 0.466 e. The molecular weight excluding hydrogens is 549 g/mol. The summed E-state index contributed by atoms with van der Waals surface area (Å²) in [6, 6.07) is 15.7. The van der Waals surface area contributed by atoms with Gasteiger partial charge in [-0.2, -0.15) is 5.10 Å². The van der Waals surface area contributed by atoms with Gasteiger partial charge in [0, 0.05) is 49.2 Å². The molecule has 0 spiro atoms. The van der Waals surface area contributed by atoms with Crippen LogP contribution in [0.25, 0.3) is 16.6 Å². The molecule has 42 heavy (non-hydrogen) atoms. The smallest absolute Gasteiger partial charge is 0.306 e. The van der Waals surface area contributed by atoms with Crippen molar-refractivity contribution < 1.29 is 32.5 Å². The topological polar surface area (TPSA) is 101 Å². The molecule has 0 amide bonds. The van der Waals surface area contributed by atoms with Gasteiger partial charge >= 0.3 is 5.97 Å². The van der Waals surface area contributed by atoms with E-state index in [0.717, 1.165) is 23.3 Å². The number of aryl methyl sites for hydroxylation is 1. The Labute approximate surface area is 239 Å². The molecule has 2 aromatic heterocycles. The molecule has 3 N–H and O–H groups in total. The maximum Gasteiger partial charge on any atom is 0.306 e. The molecule has 2 heterocycles. The van der Waals surface area contributed by atoms with Crippen molar-refractivity contribution in [2.75, 3.05) is 25.1 Å². The first-order valence-electron chi connectivity index (χ1n) is 13.5. The number of ether oxygens (including phenoxy) is 2. The van der Waals surface area contributed by atoms with E-state index >= 15 is 4.39 Å². The zero-order valence-electron chi connectivity index (χ0n) is 22.8. The van der Waals surface area contributed by atoms with E-state index in [0.29, 0.717) is 31.0 Å². The van der Waals surface area contributed by atoms with E-state index in [1.165, 1.54) is 29.1 Å². The predicted molar refractivity (Wildman–Crippen MR) is 152 cm³/mol. The first-order chi connectivity index (χ1) is 20.4. The molecule has 11 heteroatoms. The van der Waals surface area contributed by atoms with Crippen LogP contribution in [-0.4, -0.2) is 45.6 Å². The summed E-state index contributed by atoms with van der Waals surface area (Å²) in [5.41, 5.74) is 2.75. The fourth-order valence-electron chi connectivity index (χ4n) is 4.64. The Hall–Kier alpha value is -4.77. The van der Waals surface area contributed by atoms with Crippen molar-refractivity contribution in [1.29, 1.82) is 0 Å². The molecule has 0 saturated carbocycles. The molecule has 8 nitrogen and oxygen atoms in total. The minimum atomic E-state index is -0.913. The Morgan fingerprint density at radius 2 is 1.88 bits per heavy atom. The molecule has 218 valence electrons. The first kappa shape index (κ1) is 28.7. The molecule has 0 radical (unpaired) electrons. The van der Waals surface area contributed by atoms with Crippen LogP contribution >= 0.6 is 0 Å². The van der Waals surface area contributed by atoms with Crippen molar-refractivity contribution in [2.45, 2.75) is 26.2 Å². The fraction of sp³-hybridized carbons (Fsp3) is 0.226. The van der Waals surface area contributed by atoms with Gasteiger partial charge < -0.3 is 24.9 Å². The molecule has 0 atom stereocenters. The van der Waals surface area contributed by atoms with Gasteiger partial charge in [0.2, 0.25) is 0 Å². The number of aliphatic hydroxyl groups is 1. The molecule has 0 aliphatic heterocycles. The molecule has 0 saturated heterocycles. The van der Waals surface area contributed by atoms with Crippen LogP contribution in [0.5, 0.6) is 11.5 Å². The van der Waals surface area contributed by atoms with Gasteiger partial charge in [-0.15, -0.1) is 0 Å². The van der Waals surface area contributed by atoms with Crippen LogP contribution in [0, 0.1) is 17.5 Å². The molecule has 5 rings (SSSR count). The zero-order chi connectivity index (χ0) is 29.6. The van der Waals surface area contributed by atoms with Gasteiger partial charge in [0.25, 0.3) is 0 Å². The van der Waals surface area contributed by atoms with Crippen LogP contribution in [0.15, 0.2) is 66.9 Å². The Morgan fingerprint density at radius 1 is 1.05 bits per heavy atom. The van der Waals surface area contributed by atoms with Crippen LogP contribution < -0.4 is 10.1 Å². The summed E-state index contributed by atoms with van der Waals surface area (Å²) in [5, 5.41) is 17.1. The number of esters is 1. The average molecular weight is 579 g/mol. The van der Waals surface area contributed by atoms with Crippen molar-refractivity contribution >= 4 is 22.7 Å². The van der Waals surface area contributed by atoms with Gasteiger partial charge in [0.1, 0.15) is 23.1 Å². The highest BCUT2D eigenvalue weighted by molar-refractivity contribution is 5.82. The number of hydrogen-bond donors (Lipinski definition) is 3. The monoisotopic (exact) mass is 578 g/mol. The highest BCUT2D eigenvalue weighted by Crippen LogP contribution is 2.34. The Balaban J connectivity index is 1.42. The van der Waals surface area contributed by atoms with Gasteiger partial charge in [-0.3, -0.25) is 4.79 Å². The highest BCUT2D eigenvalue weighted by atomic mass is 19.1. The van der Waals surface area contributed by atoms with Crippen LogP contribution in [-0.2, 0) is 22.4 Å². The summed E-state index contributed by atoms with van der Waals surface area (Å²) in [6.07, 6.45) is 2.69. The molecular formula is C31H29F3N4O4. The number of halogens is 3. The normalized spacial score (nSPS) is 11.2. The summed E-state index contributed by atoms with van der Waals surface area (Å²) in [6.45, 7) is 2.11. The number of hydrogen-bond acceptors (Lipinski definition) is 6. The average Bonchev–Trinajstić information content (AvgIpc) is 3.61. The second-order valence-electron chi connectivity index (χ2n) is 9.54. The van der Waals surface area contributed by atoms with E-state index in [1.807, 2.05) is 24.3 Å². The van der Waals surface area contributed by atoms with E-state index < -0.39 is 23.2 Å². The van der Waals surface area contributed by atoms with Gasteiger partial charge in [-0.25, -0.2) is 17.9 Å². The maximum atomic E-state index is 15.1. The third-order valence-electron chi connectivity index (χ3n) is 6.55. The van der Waals surface area contributed by atoms with Gasteiger partial charge in [0.15, 0.2) is 17.4 Å². The summed E-state index contributed by atoms with van der Waals surface area (Å²) in [7, 11) is 0. The van der Waals surface area contributed by atoms with E-state index in [9.17, 15) is 18.7 Å². The van der Waals surface area contributed by atoms with E-state index in [2.05, 4.69) is 15.4 Å². The van der Waals surface area contributed by atoms with E-state index in [1.54, 1.807) is 13.0 Å². The van der Waals surface area contributed by atoms with Gasteiger partial charge in [0.05, 0.1) is 24.4 Å². The standard InChI is InChI=1S/C31H29F3N4O4/c1-2-41-29(40)9-6-19-4-3-5-20(14-19)15-21-16-28(36-12-13-39)38(37-21)27-17-22(7-8-24(27)32)42-31-25(33)18-26-23(30(31)34)10-11-35-26/h3-5,7-8,10-11,14,16-18,35-36,39H,2,6,9,12-13,15H2,1H3. The Kier molecular flexibility index (Phi) is 8.77. The molecule has 0 aliphatic rings. The Bertz CT molecular complexity index is 1720. The number of H-pyrrole nitrogens is 1. The number of benzene rings is 3. The number of fused-ring (bicyclic) bond motifs is 1. The number of anilines is 1. The molecule has 0 fully saturated rings. The molecule has 0 bridgehead atoms. The quantitative estimate of drug-likeness (QED) is 0.156. The summed E-state index contributed by atoms with van der Waals surface area (Å²) < 4.78 is 56.7. The van der Waals surface area contributed by atoms with Gasteiger partial charge in [-0.1, -0.05) is 24.3 Å². The van der Waals surface area contributed by atoms with E-state index in [4.69, 9.17) is 9.47 Å². The highest BCUT2D eigenvalue weighted by Gasteiger charge is 2.19. The number of nitrogens with zero attached hydrogens (tertiary/aromatic N) is 2. The lowest BCUT2D eigenvalue weighted by Crippen LogP contribution is -2.11. The molecule has 5 aromatic rings. The number of aliphatic hydroxyl groups excluding tert-OH is 1. The third kappa shape index (κ3) is 6.41. The zero-order valence-corrected chi connectivity index (χ0v) is 22.8. The number of aromatic amines is 1. The predicted octanol–water partition coefficient (Wildman–Crippen LogP) is 6.05. The lowest BCUT2D eigenvalue weighted by molar-refractivity contribution is -0.143. The van der Waals surface area contributed by atoms with Crippen molar-refractivity contribution in [3.05, 3.63) is 101 Å². The van der Waals surface area contributed by atoms with Crippen molar-refractivity contribution in [3.63, 3.8) is 0 Å². The fourth-order valence-corrected chi connectivity index (χ4v) is 4.64. The van der Waals surface area contributed by atoms with Crippen molar-refractivity contribution in [3.8, 4) is 17.2 Å². The van der Waals surface area contributed by atoms with Gasteiger partial charge in [-0.05, 0) is 42.7 Å². The maximum absolute atomic E-state index is 15.1. The second-order valence-corrected chi connectivity index (χ2v) is 9.54. The lowest BCUT2D eigenvalue weighted by Gasteiger charge is -2.13. The van der Waals surface area contributed by atoms with Crippen molar-refractivity contribution in [1.82, 2.24) is 14.8 Å².